The Labute approximate surface area is 208 Å². The number of likely N-dealkylation sites (N-methyl/N-ethyl adjacent to an activating group) is 1. The fourth-order valence-corrected chi connectivity index (χ4v) is 4.32. The van der Waals surface area contributed by atoms with Gasteiger partial charge in [-0.3, -0.25) is 14.9 Å². The van der Waals surface area contributed by atoms with Crippen LogP contribution in [-0.4, -0.2) is 80.7 Å². The summed E-state index contributed by atoms with van der Waals surface area (Å²) < 4.78 is 16.3. The topological polar surface area (TPSA) is 93.2 Å². The zero-order valence-electron chi connectivity index (χ0n) is 19.9. The molecule has 1 aliphatic rings. The van der Waals surface area contributed by atoms with Crippen molar-refractivity contribution in [3.8, 4) is 28.5 Å². The molecule has 0 radical (unpaired) electrons. The third-order valence-corrected chi connectivity index (χ3v) is 6.50. The van der Waals surface area contributed by atoms with Crippen molar-refractivity contribution >= 4 is 28.3 Å². The first-order valence-corrected chi connectivity index (χ1v) is 12.0. The SMILES string of the molecule is COc1ccc(-c2csc(NC(=O)c3ccc(OCC(=O)N4CCN(C)CC4)c(OC)c3)n2)cc1. The number of aromatic nitrogens is 1. The van der Waals surface area contributed by atoms with Gasteiger partial charge in [-0.25, -0.2) is 4.98 Å². The van der Waals surface area contributed by atoms with E-state index in [-0.39, 0.29) is 18.4 Å². The number of amides is 2. The molecule has 0 atom stereocenters. The van der Waals surface area contributed by atoms with Gasteiger partial charge in [0.15, 0.2) is 23.2 Å². The number of thiazole rings is 1. The smallest absolute Gasteiger partial charge is 0.260 e. The molecule has 4 rings (SSSR count). The minimum atomic E-state index is -0.320. The molecule has 1 N–H and O–H groups in total. The van der Waals surface area contributed by atoms with Gasteiger partial charge < -0.3 is 24.0 Å². The summed E-state index contributed by atoms with van der Waals surface area (Å²) in [6.07, 6.45) is 0. The van der Waals surface area contributed by atoms with Crippen LogP contribution in [0.25, 0.3) is 11.3 Å². The van der Waals surface area contributed by atoms with E-state index >= 15 is 0 Å². The molecule has 0 saturated carbocycles. The van der Waals surface area contributed by atoms with Crippen molar-refractivity contribution in [2.24, 2.45) is 0 Å². The molecule has 1 aromatic heterocycles. The highest BCUT2D eigenvalue weighted by molar-refractivity contribution is 7.14. The predicted molar refractivity (Wildman–Crippen MR) is 135 cm³/mol. The summed E-state index contributed by atoms with van der Waals surface area (Å²) in [4.78, 5) is 33.7. The van der Waals surface area contributed by atoms with E-state index < -0.39 is 0 Å². The first kappa shape index (κ1) is 24.5. The predicted octanol–water partition coefficient (Wildman–Crippen LogP) is 3.23. The highest BCUT2D eigenvalue weighted by Crippen LogP contribution is 2.30. The van der Waals surface area contributed by atoms with Gasteiger partial charge in [-0.1, -0.05) is 0 Å². The lowest BCUT2D eigenvalue weighted by Gasteiger charge is -2.32. The first-order chi connectivity index (χ1) is 17.0. The lowest BCUT2D eigenvalue weighted by molar-refractivity contribution is -0.134. The van der Waals surface area contributed by atoms with E-state index in [1.807, 2.05) is 36.7 Å². The van der Waals surface area contributed by atoms with E-state index in [0.29, 0.717) is 35.3 Å². The number of carbonyl (C=O) groups excluding carboxylic acids is 2. The summed E-state index contributed by atoms with van der Waals surface area (Å²) >= 11 is 1.34. The fraction of sp³-hybridized carbons (Fsp3) is 0.320. The van der Waals surface area contributed by atoms with Crippen LogP contribution in [-0.2, 0) is 4.79 Å². The molecule has 1 fully saturated rings. The third kappa shape index (κ3) is 6.09. The molecule has 1 aliphatic heterocycles. The van der Waals surface area contributed by atoms with Gasteiger partial charge in [0.05, 0.1) is 19.9 Å². The molecule has 2 aromatic carbocycles. The van der Waals surface area contributed by atoms with Gasteiger partial charge >= 0.3 is 0 Å². The van der Waals surface area contributed by atoms with Crippen molar-refractivity contribution < 1.29 is 23.8 Å². The van der Waals surface area contributed by atoms with Gasteiger partial charge in [-0.05, 0) is 49.5 Å². The van der Waals surface area contributed by atoms with E-state index in [9.17, 15) is 9.59 Å². The largest absolute Gasteiger partial charge is 0.497 e. The number of piperazine rings is 1. The number of anilines is 1. The minimum absolute atomic E-state index is 0.0709. The van der Waals surface area contributed by atoms with Gasteiger partial charge in [0.1, 0.15) is 5.75 Å². The molecule has 184 valence electrons. The molecule has 0 unspecified atom stereocenters. The van der Waals surface area contributed by atoms with E-state index in [1.54, 1.807) is 30.2 Å². The van der Waals surface area contributed by atoms with Gasteiger partial charge in [0, 0.05) is 42.7 Å². The third-order valence-electron chi connectivity index (χ3n) is 5.74. The quantitative estimate of drug-likeness (QED) is 0.512. The number of hydrogen-bond acceptors (Lipinski definition) is 8. The minimum Gasteiger partial charge on any atom is -0.497 e. The van der Waals surface area contributed by atoms with Crippen molar-refractivity contribution in [3.63, 3.8) is 0 Å². The molecular weight excluding hydrogens is 468 g/mol. The maximum atomic E-state index is 12.8. The summed E-state index contributed by atoms with van der Waals surface area (Å²) in [5.74, 6) is 1.16. The zero-order valence-corrected chi connectivity index (χ0v) is 20.8. The molecular formula is C25H28N4O5S. The van der Waals surface area contributed by atoms with Crippen LogP contribution in [0.5, 0.6) is 17.2 Å². The Morgan fingerprint density at radius 3 is 2.43 bits per heavy atom. The molecule has 0 aliphatic carbocycles. The summed E-state index contributed by atoms with van der Waals surface area (Å²) in [7, 11) is 5.15. The van der Waals surface area contributed by atoms with Gasteiger partial charge in [0.2, 0.25) is 0 Å². The van der Waals surface area contributed by atoms with E-state index in [0.717, 1.165) is 30.1 Å². The van der Waals surface area contributed by atoms with Crippen LogP contribution in [0.1, 0.15) is 10.4 Å². The molecule has 3 aromatic rings. The van der Waals surface area contributed by atoms with E-state index in [1.165, 1.54) is 18.4 Å². The van der Waals surface area contributed by atoms with E-state index in [2.05, 4.69) is 15.2 Å². The average molecular weight is 497 g/mol. The highest BCUT2D eigenvalue weighted by Gasteiger charge is 2.20. The van der Waals surface area contributed by atoms with Crippen LogP contribution in [0.4, 0.5) is 5.13 Å². The number of nitrogens with zero attached hydrogens (tertiary/aromatic N) is 3. The van der Waals surface area contributed by atoms with Crippen molar-refractivity contribution in [2.75, 3.05) is 59.4 Å². The Hall–Kier alpha value is -3.63. The fourth-order valence-electron chi connectivity index (χ4n) is 3.61. The van der Waals surface area contributed by atoms with Crippen molar-refractivity contribution in [1.29, 1.82) is 0 Å². The number of benzene rings is 2. The average Bonchev–Trinajstić information content (AvgIpc) is 3.36. The molecule has 2 heterocycles. The van der Waals surface area contributed by atoms with Crippen molar-refractivity contribution in [3.05, 3.63) is 53.4 Å². The maximum absolute atomic E-state index is 12.8. The number of ether oxygens (including phenoxy) is 3. The molecule has 1 saturated heterocycles. The summed E-state index contributed by atoms with van der Waals surface area (Å²) in [5.41, 5.74) is 2.08. The van der Waals surface area contributed by atoms with Crippen LogP contribution < -0.4 is 19.5 Å². The zero-order chi connectivity index (χ0) is 24.8. The van der Waals surface area contributed by atoms with Crippen LogP contribution >= 0.6 is 11.3 Å². The lowest BCUT2D eigenvalue weighted by atomic mass is 10.2. The summed E-state index contributed by atoms with van der Waals surface area (Å²) in [5, 5.41) is 5.19. The second-order valence-electron chi connectivity index (χ2n) is 8.06. The van der Waals surface area contributed by atoms with Crippen molar-refractivity contribution in [2.45, 2.75) is 0 Å². The second kappa shape index (κ2) is 11.2. The number of carbonyl (C=O) groups is 2. The lowest BCUT2D eigenvalue weighted by Crippen LogP contribution is -2.48. The van der Waals surface area contributed by atoms with Gasteiger partial charge in [0.25, 0.3) is 11.8 Å². The molecule has 0 bridgehead atoms. The van der Waals surface area contributed by atoms with Crippen LogP contribution in [0, 0.1) is 0 Å². The number of rotatable bonds is 8. The second-order valence-corrected chi connectivity index (χ2v) is 8.92. The molecule has 9 nitrogen and oxygen atoms in total. The Morgan fingerprint density at radius 1 is 1.00 bits per heavy atom. The monoisotopic (exact) mass is 496 g/mol. The van der Waals surface area contributed by atoms with E-state index in [4.69, 9.17) is 14.2 Å². The number of nitrogens with one attached hydrogen (secondary N) is 1. The first-order valence-electron chi connectivity index (χ1n) is 11.2. The Bertz CT molecular complexity index is 1170. The van der Waals surface area contributed by atoms with Gasteiger partial charge in [-0.15, -0.1) is 11.3 Å². The maximum Gasteiger partial charge on any atom is 0.260 e. The molecule has 2 amide bonds. The summed E-state index contributed by atoms with van der Waals surface area (Å²) in [6, 6.07) is 12.4. The van der Waals surface area contributed by atoms with Crippen LogP contribution in [0.15, 0.2) is 47.8 Å². The standard InChI is InChI=1S/C25H28N4O5S/c1-28-10-12-29(13-11-28)23(30)15-34-21-9-6-18(14-22(21)33-3)24(31)27-25-26-20(16-35-25)17-4-7-19(32-2)8-5-17/h4-9,14,16H,10-13,15H2,1-3H3,(H,26,27,31). The Balaban J connectivity index is 1.37. The molecule has 10 heteroatoms. The van der Waals surface area contributed by atoms with Crippen LogP contribution in [0.3, 0.4) is 0 Å². The van der Waals surface area contributed by atoms with Crippen LogP contribution in [0.2, 0.25) is 0 Å². The normalized spacial score (nSPS) is 13.9. The molecule has 35 heavy (non-hydrogen) atoms. The summed E-state index contributed by atoms with van der Waals surface area (Å²) in [6.45, 7) is 2.98. The highest BCUT2D eigenvalue weighted by atomic mass is 32.1. The Kier molecular flexibility index (Phi) is 7.84. The van der Waals surface area contributed by atoms with Crippen molar-refractivity contribution in [1.82, 2.24) is 14.8 Å². The molecule has 0 spiro atoms. The Morgan fingerprint density at radius 2 is 1.74 bits per heavy atom. The number of hydrogen-bond donors (Lipinski definition) is 1. The van der Waals surface area contributed by atoms with Gasteiger partial charge in [-0.2, -0.15) is 0 Å². The number of methoxy groups -OCH3 is 2.